The van der Waals surface area contributed by atoms with E-state index in [9.17, 15) is 0 Å². The molecule has 0 saturated carbocycles. The maximum absolute atomic E-state index is 3.98. The van der Waals surface area contributed by atoms with Crippen molar-refractivity contribution in [2.75, 3.05) is 14.1 Å². The van der Waals surface area contributed by atoms with Crippen molar-refractivity contribution in [1.82, 2.24) is 4.90 Å². The Morgan fingerprint density at radius 1 is 0.720 bits per heavy atom. The third kappa shape index (κ3) is 17.2. The molecular formula is C23H48ClN. The van der Waals surface area contributed by atoms with Crippen molar-refractivity contribution in [3.05, 3.63) is 12.7 Å². The molecule has 0 aromatic carbocycles. The first-order chi connectivity index (χ1) is 11.6. The molecule has 0 radical (unpaired) electrons. The molecule has 2 atom stereocenters. The SMILES string of the molecule is C=CC(C(C)CCCCCCCCCCCCCCCC)N(C)C.Cl. The zero-order valence-electron chi connectivity index (χ0n) is 17.9. The average Bonchev–Trinajstić information content (AvgIpc) is 2.55. The highest BCUT2D eigenvalue weighted by Crippen LogP contribution is 2.18. The van der Waals surface area contributed by atoms with Gasteiger partial charge in [-0.25, -0.2) is 0 Å². The predicted octanol–water partition coefficient (Wildman–Crippen LogP) is 8.03. The number of unbranched alkanes of at least 4 members (excludes halogenated alkanes) is 13. The molecule has 2 heteroatoms. The highest BCUT2D eigenvalue weighted by atomic mass is 35.5. The first-order valence-electron chi connectivity index (χ1n) is 10.9. The van der Waals surface area contributed by atoms with Gasteiger partial charge in [0.15, 0.2) is 0 Å². The third-order valence-electron chi connectivity index (χ3n) is 5.43. The molecule has 0 heterocycles. The maximum atomic E-state index is 3.98. The molecule has 2 unspecified atom stereocenters. The summed E-state index contributed by atoms with van der Waals surface area (Å²) < 4.78 is 0. The smallest absolute Gasteiger partial charge is 0.0295 e. The second kappa shape index (κ2) is 20.3. The van der Waals surface area contributed by atoms with Gasteiger partial charge in [-0.1, -0.05) is 110 Å². The van der Waals surface area contributed by atoms with E-state index >= 15 is 0 Å². The van der Waals surface area contributed by atoms with E-state index in [1.807, 2.05) is 0 Å². The van der Waals surface area contributed by atoms with E-state index in [1.165, 1.54) is 96.3 Å². The van der Waals surface area contributed by atoms with Crippen LogP contribution in [0.5, 0.6) is 0 Å². The minimum Gasteiger partial charge on any atom is -0.303 e. The van der Waals surface area contributed by atoms with Gasteiger partial charge >= 0.3 is 0 Å². The second-order valence-electron chi connectivity index (χ2n) is 8.05. The van der Waals surface area contributed by atoms with Gasteiger partial charge in [-0.3, -0.25) is 0 Å². The lowest BCUT2D eigenvalue weighted by Gasteiger charge is -2.27. The van der Waals surface area contributed by atoms with Crippen molar-refractivity contribution in [3.63, 3.8) is 0 Å². The lowest BCUT2D eigenvalue weighted by molar-refractivity contribution is 0.253. The lowest BCUT2D eigenvalue weighted by atomic mass is 9.94. The summed E-state index contributed by atoms with van der Waals surface area (Å²) in [6.45, 7) is 8.64. The first kappa shape index (κ1) is 27.2. The summed E-state index contributed by atoms with van der Waals surface area (Å²) in [6.07, 6.45) is 23.6. The van der Waals surface area contributed by atoms with Crippen molar-refractivity contribution >= 4 is 12.4 Å². The molecule has 0 spiro atoms. The fraction of sp³-hybridized carbons (Fsp3) is 0.913. The Morgan fingerprint density at radius 2 is 1.08 bits per heavy atom. The van der Waals surface area contributed by atoms with Gasteiger partial charge in [-0.15, -0.1) is 19.0 Å². The zero-order chi connectivity index (χ0) is 18.0. The van der Waals surface area contributed by atoms with Crippen LogP contribution in [0, 0.1) is 5.92 Å². The molecule has 0 saturated heterocycles. The molecule has 0 aromatic heterocycles. The van der Waals surface area contributed by atoms with Crippen molar-refractivity contribution in [2.45, 2.75) is 116 Å². The van der Waals surface area contributed by atoms with E-state index in [2.05, 4.69) is 45.5 Å². The monoisotopic (exact) mass is 373 g/mol. The van der Waals surface area contributed by atoms with E-state index in [1.54, 1.807) is 0 Å². The number of rotatable bonds is 18. The number of halogens is 1. The van der Waals surface area contributed by atoms with Gasteiger partial charge in [-0.05, 0) is 26.4 Å². The highest BCUT2D eigenvalue weighted by molar-refractivity contribution is 5.85. The molecule has 0 aliphatic heterocycles. The normalized spacial score (nSPS) is 13.5. The molecule has 0 amide bonds. The van der Waals surface area contributed by atoms with Crippen LogP contribution in [0.1, 0.15) is 110 Å². The Bertz CT molecular complexity index is 265. The fourth-order valence-corrected chi connectivity index (χ4v) is 3.78. The van der Waals surface area contributed by atoms with Crippen LogP contribution in [0.15, 0.2) is 12.7 Å². The van der Waals surface area contributed by atoms with E-state index < -0.39 is 0 Å². The molecule has 0 aliphatic carbocycles. The van der Waals surface area contributed by atoms with Crippen LogP contribution in [0.2, 0.25) is 0 Å². The Hall–Kier alpha value is -0.0100. The molecule has 25 heavy (non-hydrogen) atoms. The second-order valence-corrected chi connectivity index (χ2v) is 8.05. The van der Waals surface area contributed by atoms with Gasteiger partial charge in [0.1, 0.15) is 0 Å². The molecule has 1 nitrogen and oxygen atoms in total. The molecule has 0 aliphatic rings. The van der Waals surface area contributed by atoms with Crippen molar-refractivity contribution in [2.24, 2.45) is 5.92 Å². The largest absolute Gasteiger partial charge is 0.303 e. The quantitative estimate of drug-likeness (QED) is 0.173. The highest BCUT2D eigenvalue weighted by Gasteiger charge is 2.15. The minimum atomic E-state index is 0. The van der Waals surface area contributed by atoms with Crippen molar-refractivity contribution < 1.29 is 0 Å². The van der Waals surface area contributed by atoms with Crippen LogP contribution in [0.25, 0.3) is 0 Å². The van der Waals surface area contributed by atoms with Gasteiger partial charge in [0.05, 0.1) is 0 Å². The zero-order valence-corrected chi connectivity index (χ0v) is 18.7. The molecule has 0 aromatic rings. The van der Waals surface area contributed by atoms with Crippen LogP contribution in [-0.4, -0.2) is 25.0 Å². The van der Waals surface area contributed by atoms with E-state index in [0.29, 0.717) is 6.04 Å². The van der Waals surface area contributed by atoms with Gasteiger partial charge in [-0.2, -0.15) is 0 Å². The van der Waals surface area contributed by atoms with Gasteiger partial charge < -0.3 is 4.90 Å². The molecule has 0 N–H and O–H groups in total. The topological polar surface area (TPSA) is 3.24 Å². The van der Waals surface area contributed by atoms with Crippen LogP contribution in [0.3, 0.4) is 0 Å². The maximum Gasteiger partial charge on any atom is 0.0295 e. The van der Waals surface area contributed by atoms with Gasteiger partial charge in [0, 0.05) is 6.04 Å². The summed E-state index contributed by atoms with van der Waals surface area (Å²) in [6, 6.07) is 0.534. The fourth-order valence-electron chi connectivity index (χ4n) is 3.78. The lowest BCUT2D eigenvalue weighted by Crippen LogP contribution is -2.31. The van der Waals surface area contributed by atoms with Gasteiger partial charge in [0.2, 0.25) is 0 Å². The number of hydrogen-bond acceptors (Lipinski definition) is 1. The third-order valence-corrected chi connectivity index (χ3v) is 5.43. The van der Waals surface area contributed by atoms with Crippen LogP contribution in [0.4, 0.5) is 0 Å². The summed E-state index contributed by atoms with van der Waals surface area (Å²) in [5, 5.41) is 0. The number of likely N-dealkylation sites (N-methyl/N-ethyl adjacent to an activating group) is 1. The molecule has 152 valence electrons. The van der Waals surface area contributed by atoms with Crippen LogP contribution < -0.4 is 0 Å². The van der Waals surface area contributed by atoms with E-state index in [0.717, 1.165) is 5.92 Å². The standard InChI is InChI=1S/C23H47N.ClH/c1-6-8-9-10-11-12-13-14-15-16-17-18-19-20-21-22(3)23(7-2)24(4)5;/h7,22-23H,2,6,8-21H2,1,3-5H3;1H. The molecule has 0 rings (SSSR count). The number of nitrogens with zero attached hydrogens (tertiary/aromatic N) is 1. The average molecular weight is 374 g/mol. The van der Waals surface area contributed by atoms with Gasteiger partial charge in [0.25, 0.3) is 0 Å². The summed E-state index contributed by atoms with van der Waals surface area (Å²) in [5.74, 6) is 0.731. The predicted molar refractivity (Wildman–Crippen MR) is 119 cm³/mol. The Morgan fingerprint density at radius 3 is 1.40 bits per heavy atom. The number of hydrogen-bond donors (Lipinski definition) is 0. The van der Waals surface area contributed by atoms with Crippen LogP contribution >= 0.6 is 12.4 Å². The summed E-state index contributed by atoms with van der Waals surface area (Å²) >= 11 is 0. The first-order valence-corrected chi connectivity index (χ1v) is 10.9. The Balaban J connectivity index is 0. The molecule has 0 bridgehead atoms. The van der Waals surface area contributed by atoms with Crippen molar-refractivity contribution in [1.29, 1.82) is 0 Å². The van der Waals surface area contributed by atoms with E-state index in [-0.39, 0.29) is 12.4 Å². The summed E-state index contributed by atoms with van der Waals surface area (Å²) in [5.41, 5.74) is 0. The summed E-state index contributed by atoms with van der Waals surface area (Å²) in [7, 11) is 4.32. The Kier molecular flexibility index (Phi) is 22.1. The minimum absolute atomic E-state index is 0. The molecular weight excluding hydrogens is 326 g/mol. The molecule has 0 fully saturated rings. The van der Waals surface area contributed by atoms with E-state index in [4.69, 9.17) is 0 Å². The van der Waals surface area contributed by atoms with Crippen molar-refractivity contribution in [3.8, 4) is 0 Å². The Labute approximate surface area is 166 Å². The summed E-state index contributed by atoms with van der Waals surface area (Å²) in [4.78, 5) is 2.29. The van der Waals surface area contributed by atoms with Crippen LogP contribution in [-0.2, 0) is 0 Å².